The molecule has 2 aromatic rings. The van der Waals surface area contributed by atoms with Gasteiger partial charge in [0, 0.05) is 11.3 Å². The van der Waals surface area contributed by atoms with Crippen molar-refractivity contribution in [3.05, 3.63) is 51.9 Å². The molecule has 0 bridgehead atoms. The topological polar surface area (TPSA) is 65.9 Å². The lowest BCUT2D eigenvalue weighted by molar-refractivity contribution is 0.217. The van der Waals surface area contributed by atoms with Gasteiger partial charge in [-0.2, -0.15) is 5.26 Å². The summed E-state index contributed by atoms with van der Waals surface area (Å²) in [5, 5.41) is 9.20. The van der Waals surface area contributed by atoms with E-state index in [9.17, 15) is 10.1 Å². The summed E-state index contributed by atoms with van der Waals surface area (Å²) >= 11 is 0. The highest BCUT2D eigenvalue weighted by Crippen LogP contribution is 2.26. The molecule has 0 fully saturated rings. The van der Waals surface area contributed by atoms with Gasteiger partial charge in [-0.1, -0.05) is 19.1 Å². The number of pyridine rings is 1. The first-order valence-electron chi connectivity index (χ1n) is 6.96. The van der Waals surface area contributed by atoms with Crippen LogP contribution < -0.4 is 10.3 Å². The maximum Gasteiger partial charge on any atom is 0.266 e. The summed E-state index contributed by atoms with van der Waals surface area (Å²) in [4.78, 5) is 14.5. The second-order valence-electron chi connectivity index (χ2n) is 5.05. The Morgan fingerprint density at radius 1 is 1.38 bits per heavy atom. The minimum absolute atomic E-state index is 0.122. The average molecular weight is 282 g/mol. The molecule has 0 aliphatic rings. The molecule has 4 nitrogen and oxygen atoms in total. The number of H-pyrrole nitrogens is 1. The van der Waals surface area contributed by atoms with Crippen LogP contribution in [0.2, 0.25) is 0 Å². The van der Waals surface area contributed by atoms with Crippen LogP contribution in [0.25, 0.3) is 11.1 Å². The Bertz CT molecular complexity index is 741. The molecule has 21 heavy (non-hydrogen) atoms. The van der Waals surface area contributed by atoms with Crippen LogP contribution in [-0.2, 0) is 0 Å². The standard InChI is InChI=1S/C17H18N2O2/c1-4-12(3)21-14-7-5-6-13(9-14)15-8-11(2)19-17(20)16(15)10-18/h5-9,12H,4H2,1-3H3,(H,19,20). The number of nitriles is 1. The largest absolute Gasteiger partial charge is 0.491 e. The highest BCUT2D eigenvalue weighted by Gasteiger charge is 2.11. The van der Waals surface area contributed by atoms with E-state index in [0.29, 0.717) is 5.56 Å². The molecule has 4 heteroatoms. The van der Waals surface area contributed by atoms with Crippen molar-refractivity contribution in [2.75, 3.05) is 0 Å². The third-order valence-corrected chi connectivity index (χ3v) is 3.34. The van der Waals surface area contributed by atoms with Crippen LogP contribution in [0, 0.1) is 18.3 Å². The summed E-state index contributed by atoms with van der Waals surface area (Å²) in [6.07, 6.45) is 1.04. The molecule has 2 rings (SSSR count). The van der Waals surface area contributed by atoms with E-state index < -0.39 is 0 Å². The number of aryl methyl sites for hydroxylation is 1. The monoisotopic (exact) mass is 282 g/mol. The quantitative estimate of drug-likeness (QED) is 0.934. The van der Waals surface area contributed by atoms with Crippen LogP contribution in [0.3, 0.4) is 0 Å². The normalized spacial score (nSPS) is 11.7. The van der Waals surface area contributed by atoms with Crippen molar-refractivity contribution in [3.63, 3.8) is 0 Å². The molecule has 0 spiro atoms. The molecule has 1 unspecified atom stereocenters. The van der Waals surface area contributed by atoms with E-state index in [4.69, 9.17) is 4.74 Å². The molecule has 0 aliphatic heterocycles. The van der Waals surface area contributed by atoms with E-state index >= 15 is 0 Å². The fourth-order valence-corrected chi connectivity index (χ4v) is 2.08. The zero-order valence-corrected chi connectivity index (χ0v) is 12.4. The summed E-state index contributed by atoms with van der Waals surface area (Å²) < 4.78 is 5.79. The fourth-order valence-electron chi connectivity index (χ4n) is 2.08. The fraction of sp³-hybridized carbons (Fsp3) is 0.294. The summed E-state index contributed by atoms with van der Waals surface area (Å²) in [5.41, 5.74) is 1.93. The Balaban J connectivity index is 2.51. The van der Waals surface area contributed by atoms with Gasteiger partial charge in [0.15, 0.2) is 0 Å². The number of nitrogens with one attached hydrogen (secondary N) is 1. The van der Waals surface area contributed by atoms with Gasteiger partial charge in [-0.15, -0.1) is 0 Å². The molecule has 1 atom stereocenters. The molecular weight excluding hydrogens is 264 g/mol. The number of aromatic nitrogens is 1. The number of hydrogen-bond donors (Lipinski definition) is 1. The van der Waals surface area contributed by atoms with Gasteiger partial charge in [-0.3, -0.25) is 4.79 Å². The molecule has 1 aromatic heterocycles. The van der Waals surface area contributed by atoms with Crippen molar-refractivity contribution in [2.45, 2.75) is 33.3 Å². The SMILES string of the molecule is CCC(C)Oc1cccc(-c2cc(C)[nH]c(=O)c2C#N)c1. The molecule has 108 valence electrons. The molecule has 0 radical (unpaired) electrons. The number of ether oxygens (including phenoxy) is 1. The van der Waals surface area contributed by atoms with E-state index in [1.54, 1.807) is 6.92 Å². The van der Waals surface area contributed by atoms with Crippen molar-refractivity contribution in [1.82, 2.24) is 4.98 Å². The molecule has 1 N–H and O–H groups in total. The maximum atomic E-state index is 11.9. The Morgan fingerprint density at radius 3 is 2.81 bits per heavy atom. The first-order valence-corrected chi connectivity index (χ1v) is 6.96. The summed E-state index contributed by atoms with van der Waals surface area (Å²) in [5.74, 6) is 0.740. The summed E-state index contributed by atoms with van der Waals surface area (Å²) in [6, 6.07) is 11.3. The minimum Gasteiger partial charge on any atom is -0.491 e. The third kappa shape index (κ3) is 3.32. The number of nitrogens with zero attached hydrogens (tertiary/aromatic N) is 1. The van der Waals surface area contributed by atoms with Crippen LogP contribution in [0.1, 0.15) is 31.5 Å². The smallest absolute Gasteiger partial charge is 0.266 e. The molecule has 0 aliphatic carbocycles. The van der Waals surface area contributed by atoms with E-state index in [-0.39, 0.29) is 17.2 Å². The van der Waals surface area contributed by atoms with Gasteiger partial charge < -0.3 is 9.72 Å². The van der Waals surface area contributed by atoms with Crippen LogP contribution in [0.4, 0.5) is 0 Å². The van der Waals surface area contributed by atoms with Gasteiger partial charge in [0.05, 0.1) is 6.10 Å². The lowest BCUT2D eigenvalue weighted by Gasteiger charge is -2.14. The molecule has 0 amide bonds. The number of aromatic amines is 1. The molecule has 1 aromatic carbocycles. The number of hydrogen-bond acceptors (Lipinski definition) is 3. The van der Waals surface area contributed by atoms with Crippen molar-refractivity contribution >= 4 is 0 Å². The molecule has 1 heterocycles. The molecule has 0 saturated carbocycles. The maximum absolute atomic E-state index is 11.9. The van der Waals surface area contributed by atoms with E-state index in [2.05, 4.69) is 11.9 Å². The van der Waals surface area contributed by atoms with E-state index in [1.807, 2.05) is 43.3 Å². The van der Waals surface area contributed by atoms with Crippen LogP contribution in [0.5, 0.6) is 5.75 Å². The highest BCUT2D eigenvalue weighted by molar-refractivity contribution is 5.71. The zero-order valence-electron chi connectivity index (χ0n) is 12.4. The van der Waals surface area contributed by atoms with Crippen molar-refractivity contribution in [1.29, 1.82) is 5.26 Å². The number of benzene rings is 1. The van der Waals surface area contributed by atoms with Crippen LogP contribution >= 0.6 is 0 Å². The Morgan fingerprint density at radius 2 is 2.14 bits per heavy atom. The van der Waals surface area contributed by atoms with E-state index in [0.717, 1.165) is 23.4 Å². The Hall–Kier alpha value is -2.54. The Labute approximate surface area is 124 Å². The second-order valence-corrected chi connectivity index (χ2v) is 5.05. The van der Waals surface area contributed by atoms with Gasteiger partial charge in [0.25, 0.3) is 5.56 Å². The lowest BCUT2D eigenvalue weighted by atomic mass is 10.0. The van der Waals surface area contributed by atoms with Gasteiger partial charge in [-0.25, -0.2) is 0 Å². The van der Waals surface area contributed by atoms with Crippen molar-refractivity contribution in [3.8, 4) is 22.9 Å². The first kappa shape index (κ1) is 14.9. The highest BCUT2D eigenvalue weighted by atomic mass is 16.5. The van der Waals surface area contributed by atoms with Gasteiger partial charge in [-0.05, 0) is 44.0 Å². The predicted octanol–water partition coefficient (Wildman–Crippen LogP) is 3.40. The zero-order chi connectivity index (χ0) is 15.4. The molecular formula is C17H18N2O2. The first-order chi connectivity index (χ1) is 10.0. The number of rotatable bonds is 4. The van der Waals surface area contributed by atoms with Gasteiger partial charge in [0.1, 0.15) is 17.4 Å². The van der Waals surface area contributed by atoms with Crippen LogP contribution in [0.15, 0.2) is 35.1 Å². The van der Waals surface area contributed by atoms with Gasteiger partial charge in [0.2, 0.25) is 0 Å². The van der Waals surface area contributed by atoms with Crippen molar-refractivity contribution < 1.29 is 4.74 Å². The minimum atomic E-state index is -0.360. The average Bonchev–Trinajstić information content (AvgIpc) is 2.46. The Kier molecular flexibility index (Phi) is 4.44. The van der Waals surface area contributed by atoms with Gasteiger partial charge >= 0.3 is 0 Å². The van der Waals surface area contributed by atoms with Crippen molar-refractivity contribution in [2.24, 2.45) is 0 Å². The summed E-state index contributed by atoms with van der Waals surface area (Å²) in [6.45, 7) is 5.86. The summed E-state index contributed by atoms with van der Waals surface area (Å²) in [7, 11) is 0. The predicted molar refractivity (Wildman–Crippen MR) is 82.3 cm³/mol. The van der Waals surface area contributed by atoms with Crippen LogP contribution in [-0.4, -0.2) is 11.1 Å². The molecule has 0 saturated heterocycles. The second kappa shape index (κ2) is 6.27. The third-order valence-electron chi connectivity index (χ3n) is 3.34. The van der Waals surface area contributed by atoms with E-state index in [1.165, 1.54) is 0 Å². The lowest BCUT2D eigenvalue weighted by Crippen LogP contribution is -2.13.